The molecule has 0 atom stereocenters. The Labute approximate surface area is 130 Å². The molecule has 5 nitrogen and oxygen atoms in total. The summed E-state index contributed by atoms with van der Waals surface area (Å²) < 4.78 is 24.7. The summed E-state index contributed by atoms with van der Waals surface area (Å²) in [5.41, 5.74) is 4.42. The number of piperazine rings is 1. The molecule has 2 aliphatic heterocycles. The average Bonchev–Trinajstić information content (AvgIpc) is 2.79. The quantitative estimate of drug-likeness (QED) is 0.831. The first-order valence-corrected chi connectivity index (χ1v) is 9.13. The van der Waals surface area contributed by atoms with Crippen molar-refractivity contribution in [3.63, 3.8) is 0 Å². The normalized spacial score (nSPS) is 19.6. The van der Waals surface area contributed by atoms with Crippen molar-refractivity contribution >= 4 is 33.0 Å². The third-order valence-corrected chi connectivity index (χ3v) is 5.63. The summed E-state index contributed by atoms with van der Waals surface area (Å²) in [6.45, 7) is 5.06. The molecular weight excluding hydrogens is 310 g/mol. The molecule has 1 saturated heterocycles. The van der Waals surface area contributed by atoms with Gasteiger partial charge in [0.15, 0.2) is 0 Å². The first kappa shape index (κ1) is 14.8. The molecule has 114 valence electrons. The van der Waals surface area contributed by atoms with Gasteiger partial charge < -0.3 is 4.90 Å². The summed E-state index contributed by atoms with van der Waals surface area (Å²) in [6, 6.07) is 3.92. The molecule has 0 amide bonds. The lowest BCUT2D eigenvalue weighted by Gasteiger charge is -2.35. The van der Waals surface area contributed by atoms with Crippen LogP contribution in [0.2, 0.25) is 5.02 Å². The SMILES string of the molecule is CC1=NCc2c1cc(Cl)cc2N1CCN(S(C)(=O)=O)CC1. The maximum atomic E-state index is 11.6. The number of benzene rings is 1. The first-order chi connectivity index (χ1) is 9.86. The van der Waals surface area contributed by atoms with Crippen LogP contribution < -0.4 is 4.90 Å². The molecule has 0 bridgehead atoms. The van der Waals surface area contributed by atoms with Gasteiger partial charge in [-0.1, -0.05) is 11.6 Å². The Morgan fingerprint density at radius 2 is 1.86 bits per heavy atom. The molecule has 0 aromatic heterocycles. The summed E-state index contributed by atoms with van der Waals surface area (Å²) in [4.78, 5) is 6.69. The van der Waals surface area contributed by atoms with Gasteiger partial charge in [-0.05, 0) is 19.1 Å². The molecule has 0 unspecified atom stereocenters. The Morgan fingerprint density at radius 1 is 1.19 bits per heavy atom. The predicted molar refractivity (Wildman–Crippen MR) is 86.0 cm³/mol. The second-order valence-corrected chi connectivity index (χ2v) is 7.92. The van der Waals surface area contributed by atoms with Crippen LogP contribution in [0.4, 0.5) is 5.69 Å². The summed E-state index contributed by atoms with van der Waals surface area (Å²) in [5.74, 6) is 0. The zero-order valence-electron chi connectivity index (χ0n) is 12.1. The number of fused-ring (bicyclic) bond motifs is 1. The van der Waals surface area contributed by atoms with E-state index in [1.165, 1.54) is 16.1 Å². The number of halogens is 1. The van der Waals surface area contributed by atoms with Gasteiger partial charge in [0.25, 0.3) is 0 Å². The zero-order chi connectivity index (χ0) is 15.2. The summed E-state index contributed by atoms with van der Waals surface area (Å²) in [5, 5.41) is 0.700. The number of anilines is 1. The minimum Gasteiger partial charge on any atom is -0.369 e. The Morgan fingerprint density at radius 3 is 2.48 bits per heavy atom. The van der Waals surface area contributed by atoms with Gasteiger partial charge in [0.2, 0.25) is 10.0 Å². The van der Waals surface area contributed by atoms with Crippen LogP contribution in [-0.2, 0) is 16.6 Å². The van der Waals surface area contributed by atoms with Crippen molar-refractivity contribution in [2.75, 3.05) is 37.3 Å². The van der Waals surface area contributed by atoms with E-state index in [2.05, 4.69) is 9.89 Å². The third-order valence-electron chi connectivity index (χ3n) is 4.10. The zero-order valence-corrected chi connectivity index (χ0v) is 13.7. The lowest BCUT2D eigenvalue weighted by molar-refractivity contribution is 0.388. The maximum absolute atomic E-state index is 11.6. The van der Waals surface area contributed by atoms with Crippen molar-refractivity contribution < 1.29 is 8.42 Å². The van der Waals surface area contributed by atoms with Crippen LogP contribution in [0.15, 0.2) is 17.1 Å². The van der Waals surface area contributed by atoms with Crippen LogP contribution in [0, 0.1) is 0 Å². The van der Waals surface area contributed by atoms with Crippen molar-refractivity contribution in [3.05, 3.63) is 28.3 Å². The minimum atomic E-state index is -3.10. The van der Waals surface area contributed by atoms with E-state index in [9.17, 15) is 8.42 Å². The van der Waals surface area contributed by atoms with Gasteiger partial charge in [-0.25, -0.2) is 8.42 Å². The average molecular weight is 328 g/mol. The number of rotatable bonds is 2. The van der Waals surface area contributed by atoms with Crippen LogP contribution in [-0.4, -0.2) is 50.9 Å². The first-order valence-electron chi connectivity index (χ1n) is 6.90. The lowest BCUT2D eigenvalue weighted by Crippen LogP contribution is -2.48. The van der Waals surface area contributed by atoms with Crippen LogP contribution >= 0.6 is 11.6 Å². The molecule has 1 aromatic carbocycles. The van der Waals surface area contributed by atoms with Gasteiger partial charge in [0, 0.05) is 53.7 Å². The van der Waals surface area contributed by atoms with Crippen molar-refractivity contribution in [1.82, 2.24) is 4.31 Å². The molecule has 0 radical (unpaired) electrons. The summed E-state index contributed by atoms with van der Waals surface area (Å²) >= 11 is 6.23. The molecule has 2 heterocycles. The Kier molecular flexibility index (Phi) is 3.71. The van der Waals surface area contributed by atoms with Crippen molar-refractivity contribution in [3.8, 4) is 0 Å². The topological polar surface area (TPSA) is 53.0 Å². The molecule has 0 N–H and O–H groups in total. The molecule has 3 rings (SSSR count). The molecule has 7 heteroatoms. The van der Waals surface area contributed by atoms with Crippen LogP contribution in [0.5, 0.6) is 0 Å². The highest BCUT2D eigenvalue weighted by atomic mass is 35.5. The highest BCUT2D eigenvalue weighted by Gasteiger charge is 2.26. The van der Waals surface area contributed by atoms with Crippen molar-refractivity contribution in [1.29, 1.82) is 0 Å². The lowest BCUT2D eigenvalue weighted by atomic mass is 10.0. The van der Waals surface area contributed by atoms with E-state index in [-0.39, 0.29) is 0 Å². The second kappa shape index (κ2) is 5.26. The fourth-order valence-corrected chi connectivity index (χ4v) is 3.98. The number of aliphatic imine (C=N–C) groups is 1. The Bertz CT molecular complexity index is 707. The van der Waals surface area contributed by atoms with E-state index in [1.54, 1.807) is 0 Å². The standard InChI is InChI=1S/C14H18ClN3O2S/c1-10-12-7-11(15)8-14(13(12)9-16-10)17-3-5-18(6-4-17)21(2,19)20/h7-8H,3-6,9H2,1-2H3. The minimum absolute atomic E-state index is 0.514. The summed E-state index contributed by atoms with van der Waals surface area (Å²) in [7, 11) is -3.10. The van der Waals surface area contributed by atoms with Crippen molar-refractivity contribution in [2.45, 2.75) is 13.5 Å². The second-order valence-electron chi connectivity index (χ2n) is 5.50. The fraction of sp³-hybridized carbons (Fsp3) is 0.500. The smallest absolute Gasteiger partial charge is 0.211 e. The number of nitrogens with zero attached hydrogens (tertiary/aromatic N) is 3. The monoisotopic (exact) mass is 327 g/mol. The molecule has 21 heavy (non-hydrogen) atoms. The van der Waals surface area contributed by atoms with E-state index >= 15 is 0 Å². The van der Waals surface area contributed by atoms with Gasteiger partial charge in [0.1, 0.15) is 0 Å². The predicted octanol–water partition coefficient (Wildman–Crippen LogP) is 1.74. The van der Waals surface area contributed by atoms with E-state index in [4.69, 9.17) is 11.6 Å². The fourth-order valence-electron chi connectivity index (χ4n) is 2.94. The maximum Gasteiger partial charge on any atom is 0.211 e. The van der Waals surface area contributed by atoms with Crippen LogP contribution in [0.25, 0.3) is 0 Å². The van der Waals surface area contributed by atoms with Gasteiger partial charge in [-0.2, -0.15) is 4.31 Å². The van der Waals surface area contributed by atoms with E-state index in [1.807, 2.05) is 19.1 Å². The molecule has 0 aliphatic carbocycles. The third kappa shape index (κ3) is 2.80. The van der Waals surface area contributed by atoms with Crippen molar-refractivity contribution in [2.24, 2.45) is 4.99 Å². The van der Waals surface area contributed by atoms with Gasteiger partial charge in [-0.15, -0.1) is 0 Å². The Hall–Kier alpha value is -1.11. The van der Waals surface area contributed by atoms with Gasteiger partial charge in [-0.3, -0.25) is 4.99 Å². The highest BCUT2D eigenvalue weighted by molar-refractivity contribution is 7.88. The highest BCUT2D eigenvalue weighted by Crippen LogP contribution is 2.33. The molecule has 1 aromatic rings. The summed E-state index contributed by atoms with van der Waals surface area (Å²) in [6.07, 6.45) is 1.26. The van der Waals surface area contributed by atoms with E-state index in [0.717, 1.165) is 17.0 Å². The largest absolute Gasteiger partial charge is 0.369 e. The van der Waals surface area contributed by atoms with Crippen LogP contribution in [0.3, 0.4) is 0 Å². The molecular formula is C14H18ClN3O2S. The Balaban J connectivity index is 1.86. The molecule has 1 fully saturated rings. The number of hydrogen-bond acceptors (Lipinski definition) is 4. The molecule has 0 saturated carbocycles. The van der Waals surface area contributed by atoms with Gasteiger partial charge >= 0.3 is 0 Å². The molecule has 0 spiro atoms. The van der Waals surface area contributed by atoms with Crippen LogP contribution in [0.1, 0.15) is 18.1 Å². The van der Waals surface area contributed by atoms with Gasteiger partial charge in [0.05, 0.1) is 12.8 Å². The number of hydrogen-bond donors (Lipinski definition) is 0. The van der Waals surface area contributed by atoms with E-state index < -0.39 is 10.0 Å². The number of sulfonamides is 1. The molecule has 2 aliphatic rings. The van der Waals surface area contributed by atoms with E-state index in [0.29, 0.717) is 37.7 Å².